The summed E-state index contributed by atoms with van der Waals surface area (Å²) < 4.78 is 5.11. The number of carbonyl (C=O) groups excluding carboxylic acids is 2. The van der Waals surface area contributed by atoms with Gasteiger partial charge < -0.3 is 15.2 Å². The van der Waals surface area contributed by atoms with Gasteiger partial charge in [0.25, 0.3) is 0 Å². The zero-order valence-corrected chi connectivity index (χ0v) is 12.4. The van der Waals surface area contributed by atoms with Gasteiger partial charge in [0.1, 0.15) is 0 Å². The number of nitrogens with two attached hydrogens (primary N) is 1. The SMILES string of the molecule is CCCc1noc(CCC(=O)N2CCCC(C(N)=O)C2)n1. The second kappa shape index (κ2) is 7.19. The summed E-state index contributed by atoms with van der Waals surface area (Å²) >= 11 is 0. The van der Waals surface area contributed by atoms with Crippen LogP contribution in [-0.4, -0.2) is 39.9 Å². The van der Waals surface area contributed by atoms with Gasteiger partial charge in [-0.25, -0.2) is 0 Å². The van der Waals surface area contributed by atoms with Crippen molar-refractivity contribution in [1.82, 2.24) is 15.0 Å². The number of primary amides is 1. The summed E-state index contributed by atoms with van der Waals surface area (Å²) in [5.74, 6) is 0.647. The Kier molecular flexibility index (Phi) is 5.30. The van der Waals surface area contributed by atoms with Gasteiger partial charge in [0, 0.05) is 32.4 Å². The van der Waals surface area contributed by atoms with Crippen LogP contribution in [0.15, 0.2) is 4.52 Å². The lowest BCUT2D eigenvalue weighted by molar-refractivity contribution is -0.135. The van der Waals surface area contributed by atoms with Gasteiger partial charge in [0.2, 0.25) is 17.7 Å². The third-order valence-corrected chi connectivity index (χ3v) is 3.71. The van der Waals surface area contributed by atoms with Crippen LogP contribution in [0, 0.1) is 5.92 Å². The molecule has 1 fully saturated rings. The molecule has 2 amide bonds. The van der Waals surface area contributed by atoms with Gasteiger partial charge in [-0.3, -0.25) is 9.59 Å². The number of rotatable bonds is 6. The fraction of sp³-hybridized carbons (Fsp3) is 0.714. The van der Waals surface area contributed by atoms with Crippen molar-refractivity contribution in [3.05, 3.63) is 11.7 Å². The van der Waals surface area contributed by atoms with Crippen LogP contribution in [0.4, 0.5) is 0 Å². The first-order valence-electron chi connectivity index (χ1n) is 7.48. The molecule has 1 unspecified atom stereocenters. The normalized spacial score (nSPS) is 18.7. The molecule has 2 heterocycles. The first kappa shape index (κ1) is 15.5. The molecule has 116 valence electrons. The van der Waals surface area contributed by atoms with Crippen LogP contribution >= 0.6 is 0 Å². The van der Waals surface area contributed by atoms with E-state index in [4.69, 9.17) is 10.3 Å². The number of likely N-dealkylation sites (tertiary alicyclic amines) is 1. The van der Waals surface area contributed by atoms with Crippen molar-refractivity contribution in [2.75, 3.05) is 13.1 Å². The van der Waals surface area contributed by atoms with Crippen molar-refractivity contribution >= 4 is 11.8 Å². The van der Waals surface area contributed by atoms with E-state index in [9.17, 15) is 9.59 Å². The van der Waals surface area contributed by atoms with Crippen LogP contribution in [0.25, 0.3) is 0 Å². The maximum atomic E-state index is 12.2. The molecule has 1 aliphatic rings. The van der Waals surface area contributed by atoms with Crippen LogP contribution in [0.1, 0.15) is 44.3 Å². The molecular formula is C14H22N4O3. The van der Waals surface area contributed by atoms with Gasteiger partial charge in [-0.1, -0.05) is 12.1 Å². The molecule has 0 bridgehead atoms. The minimum absolute atomic E-state index is 0.0104. The largest absolute Gasteiger partial charge is 0.369 e. The van der Waals surface area contributed by atoms with Crippen molar-refractivity contribution in [3.8, 4) is 0 Å². The van der Waals surface area contributed by atoms with Crippen LogP contribution in [0.2, 0.25) is 0 Å². The predicted octanol–water partition coefficient (Wildman–Crippen LogP) is 0.679. The van der Waals surface area contributed by atoms with Gasteiger partial charge in [-0.15, -0.1) is 0 Å². The maximum Gasteiger partial charge on any atom is 0.227 e. The minimum Gasteiger partial charge on any atom is -0.369 e. The lowest BCUT2D eigenvalue weighted by Crippen LogP contribution is -2.44. The van der Waals surface area contributed by atoms with Crippen molar-refractivity contribution in [1.29, 1.82) is 0 Å². The molecule has 0 aromatic carbocycles. The molecule has 0 radical (unpaired) electrons. The van der Waals surface area contributed by atoms with E-state index in [1.807, 2.05) is 6.92 Å². The highest BCUT2D eigenvalue weighted by Crippen LogP contribution is 2.17. The maximum absolute atomic E-state index is 12.2. The molecule has 0 spiro atoms. The zero-order valence-electron chi connectivity index (χ0n) is 12.4. The second-order valence-corrected chi connectivity index (χ2v) is 5.44. The molecular weight excluding hydrogens is 272 g/mol. The number of piperidine rings is 1. The van der Waals surface area contributed by atoms with Gasteiger partial charge in [-0.05, 0) is 19.3 Å². The predicted molar refractivity (Wildman–Crippen MR) is 75.1 cm³/mol. The van der Waals surface area contributed by atoms with Crippen LogP contribution in [0.3, 0.4) is 0 Å². The molecule has 7 heteroatoms. The smallest absolute Gasteiger partial charge is 0.227 e. The molecule has 0 saturated carbocycles. The van der Waals surface area contributed by atoms with Crippen molar-refractivity contribution < 1.29 is 14.1 Å². The average molecular weight is 294 g/mol. The number of amides is 2. The summed E-state index contributed by atoms with van der Waals surface area (Å²) in [6.07, 6.45) is 4.08. The molecule has 0 aliphatic carbocycles. The van der Waals surface area contributed by atoms with E-state index in [0.29, 0.717) is 37.6 Å². The third kappa shape index (κ3) is 4.27. The first-order valence-corrected chi connectivity index (χ1v) is 7.48. The summed E-state index contributed by atoms with van der Waals surface area (Å²) in [6.45, 7) is 3.16. The summed E-state index contributed by atoms with van der Waals surface area (Å²) in [7, 11) is 0. The Bertz CT molecular complexity index is 500. The Hall–Kier alpha value is -1.92. The Labute approximate surface area is 123 Å². The van der Waals surface area contributed by atoms with E-state index in [1.54, 1.807) is 4.90 Å². The fourth-order valence-electron chi connectivity index (χ4n) is 2.52. The monoisotopic (exact) mass is 294 g/mol. The lowest BCUT2D eigenvalue weighted by atomic mass is 9.97. The summed E-state index contributed by atoms with van der Waals surface area (Å²) in [5, 5.41) is 3.86. The van der Waals surface area contributed by atoms with Crippen molar-refractivity contribution in [2.45, 2.75) is 45.4 Å². The van der Waals surface area contributed by atoms with E-state index in [2.05, 4.69) is 10.1 Å². The summed E-state index contributed by atoms with van der Waals surface area (Å²) in [5.41, 5.74) is 5.32. The lowest BCUT2D eigenvalue weighted by Gasteiger charge is -2.31. The standard InChI is InChI=1S/C14H22N4O3/c1-2-4-11-16-12(21-17-11)6-7-13(19)18-8-3-5-10(9-18)14(15)20/h10H,2-9H2,1H3,(H2,15,20). The van der Waals surface area contributed by atoms with E-state index in [1.165, 1.54) is 0 Å². The number of aryl methyl sites for hydroxylation is 2. The van der Waals surface area contributed by atoms with E-state index in [-0.39, 0.29) is 17.7 Å². The molecule has 2 N–H and O–H groups in total. The topological polar surface area (TPSA) is 102 Å². The molecule has 1 aromatic rings. The number of hydrogen-bond acceptors (Lipinski definition) is 5. The summed E-state index contributed by atoms with van der Waals surface area (Å²) in [4.78, 5) is 29.3. The highest BCUT2D eigenvalue weighted by Gasteiger charge is 2.26. The molecule has 21 heavy (non-hydrogen) atoms. The Morgan fingerprint density at radius 1 is 1.43 bits per heavy atom. The van der Waals surface area contributed by atoms with Crippen LogP contribution in [-0.2, 0) is 22.4 Å². The van der Waals surface area contributed by atoms with Crippen molar-refractivity contribution in [2.24, 2.45) is 11.7 Å². The first-order chi connectivity index (χ1) is 10.1. The van der Waals surface area contributed by atoms with E-state index in [0.717, 1.165) is 25.7 Å². The molecule has 7 nitrogen and oxygen atoms in total. The number of aromatic nitrogens is 2. The Balaban J connectivity index is 1.82. The Morgan fingerprint density at radius 3 is 2.95 bits per heavy atom. The molecule has 2 rings (SSSR count). The molecule has 1 aromatic heterocycles. The number of nitrogens with zero attached hydrogens (tertiary/aromatic N) is 3. The van der Waals surface area contributed by atoms with E-state index >= 15 is 0 Å². The van der Waals surface area contributed by atoms with Crippen LogP contribution in [0.5, 0.6) is 0 Å². The number of carbonyl (C=O) groups is 2. The molecule has 1 atom stereocenters. The van der Waals surface area contributed by atoms with Crippen molar-refractivity contribution in [3.63, 3.8) is 0 Å². The molecule has 1 saturated heterocycles. The second-order valence-electron chi connectivity index (χ2n) is 5.44. The number of hydrogen-bond donors (Lipinski definition) is 1. The van der Waals surface area contributed by atoms with Gasteiger partial charge in [0.15, 0.2) is 5.82 Å². The average Bonchev–Trinajstić information content (AvgIpc) is 2.93. The highest BCUT2D eigenvalue weighted by atomic mass is 16.5. The Morgan fingerprint density at radius 2 is 2.24 bits per heavy atom. The zero-order chi connectivity index (χ0) is 15.2. The van der Waals surface area contributed by atoms with Crippen LogP contribution < -0.4 is 5.73 Å². The highest BCUT2D eigenvalue weighted by molar-refractivity contribution is 5.80. The minimum atomic E-state index is -0.325. The quantitative estimate of drug-likeness (QED) is 0.831. The van der Waals surface area contributed by atoms with Gasteiger partial charge in [-0.2, -0.15) is 4.98 Å². The summed E-state index contributed by atoms with van der Waals surface area (Å²) in [6, 6.07) is 0. The third-order valence-electron chi connectivity index (χ3n) is 3.71. The fourth-order valence-corrected chi connectivity index (χ4v) is 2.52. The molecule has 1 aliphatic heterocycles. The van der Waals surface area contributed by atoms with Gasteiger partial charge in [0.05, 0.1) is 5.92 Å². The van der Waals surface area contributed by atoms with E-state index < -0.39 is 0 Å². The van der Waals surface area contributed by atoms with Gasteiger partial charge >= 0.3 is 0 Å².